The van der Waals surface area contributed by atoms with Gasteiger partial charge in [0.15, 0.2) is 12.4 Å². The molecule has 1 amide bonds. The van der Waals surface area contributed by atoms with Crippen LogP contribution < -0.4 is 9.47 Å². The Hall–Kier alpha value is -1.69. The SMILES string of the molecule is CC1(C)CC(=O)c2ccc(OCC(=O)N3CCSCC3)cc2O1. The quantitative estimate of drug-likeness (QED) is 0.849. The van der Waals surface area contributed by atoms with E-state index >= 15 is 0 Å². The van der Waals surface area contributed by atoms with Crippen LogP contribution in [0, 0.1) is 0 Å². The minimum Gasteiger partial charge on any atom is -0.486 e. The number of ether oxygens (including phenoxy) is 2. The van der Waals surface area contributed by atoms with E-state index in [1.807, 2.05) is 30.5 Å². The molecule has 0 unspecified atom stereocenters. The standard InChI is InChI=1S/C17H21NO4S/c1-17(2)10-14(19)13-4-3-12(9-15(13)22-17)21-11-16(20)18-5-7-23-8-6-18/h3-4,9H,5-8,10-11H2,1-2H3. The fourth-order valence-corrected chi connectivity index (χ4v) is 3.68. The maximum absolute atomic E-state index is 12.1. The van der Waals surface area contributed by atoms with Crippen LogP contribution in [-0.4, -0.2) is 53.4 Å². The summed E-state index contributed by atoms with van der Waals surface area (Å²) < 4.78 is 11.5. The van der Waals surface area contributed by atoms with E-state index in [0.29, 0.717) is 23.5 Å². The first kappa shape index (κ1) is 16.2. The highest BCUT2D eigenvalue weighted by Gasteiger charge is 2.32. The molecule has 23 heavy (non-hydrogen) atoms. The van der Waals surface area contributed by atoms with Crippen molar-refractivity contribution in [1.29, 1.82) is 0 Å². The maximum Gasteiger partial charge on any atom is 0.260 e. The second-order valence-electron chi connectivity index (χ2n) is 6.40. The molecule has 0 aromatic heterocycles. The van der Waals surface area contributed by atoms with Crippen LogP contribution in [0.1, 0.15) is 30.6 Å². The normalized spacial score (nSPS) is 19.7. The zero-order valence-electron chi connectivity index (χ0n) is 13.5. The Morgan fingerprint density at radius 3 is 2.83 bits per heavy atom. The summed E-state index contributed by atoms with van der Waals surface area (Å²) in [6.07, 6.45) is 0.367. The van der Waals surface area contributed by atoms with E-state index in [1.54, 1.807) is 18.2 Å². The van der Waals surface area contributed by atoms with Gasteiger partial charge in [0.05, 0.1) is 12.0 Å². The van der Waals surface area contributed by atoms with E-state index in [2.05, 4.69) is 0 Å². The van der Waals surface area contributed by atoms with Gasteiger partial charge >= 0.3 is 0 Å². The first-order valence-electron chi connectivity index (χ1n) is 7.79. The van der Waals surface area contributed by atoms with Gasteiger partial charge in [-0.15, -0.1) is 0 Å². The van der Waals surface area contributed by atoms with Crippen molar-refractivity contribution in [2.24, 2.45) is 0 Å². The molecule has 2 aliphatic heterocycles. The molecule has 1 saturated heterocycles. The fourth-order valence-electron chi connectivity index (χ4n) is 2.77. The number of Topliss-reactive ketones (excluding diaryl/α,β-unsaturated/α-hetero) is 1. The third kappa shape index (κ3) is 3.80. The van der Waals surface area contributed by atoms with Gasteiger partial charge in [0.25, 0.3) is 5.91 Å². The minimum atomic E-state index is -0.510. The van der Waals surface area contributed by atoms with Crippen LogP contribution in [0.4, 0.5) is 0 Å². The van der Waals surface area contributed by atoms with Crippen molar-refractivity contribution in [2.45, 2.75) is 25.9 Å². The Balaban J connectivity index is 1.65. The number of carbonyl (C=O) groups excluding carboxylic acids is 2. The molecule has 5 nitrogen and oxygen atoms in total. The summed E-state index contributed by atoms with van der Waals surface area (Å²) >= 11 is 1.86. The van der Waals surface area contributed by atoms with Crippen molar-refractivity contribution >= 4 is 23.5 Å². The number of ketones is 1. The topological polar surface area (TPSA) is 55.8 Å². The van der Waals surface area contributed by atoms with Gasteiger partial charge in [-0.25, -0.2) is 0 Å². The molecule has 0 bridgehead atoms. The Labute approximate surface area is 140 Å². The molecule has 1 aromatic carbocycles. The van der Waals surface area contributed by atoms with Gasteiger partial charge in [-0.2, -0.15) is 11.8 Å². The Kier molecular flexibility index (Phi) is 4.53. The van der Waals surface area contributed by atoms with E-state index in [-0.39, 0.29) is 18.3 Å². The molecule has 2 heterocycles. The van der Waals surface area contributed by atoms with Gasteiger partial charge in [-0.1, -0.05) is 0 Å². The lowest BCUT2D eigenvalue weighted by atomic mass is 9.93. The smallest absolute Gasteiger partial charge is 0.260 e. The van der Waals surface area contributed by atoms with Crippen molar-refractivity contribution in [3.05, 3.63) is 23.8 Å². The van der Waals surface area contributed by atoms with Gasteiger partial charge in [0.1, 0.15) is 17.1 Å². The first-order chi connectivity index (χ1) is 10.9. The third-order valence-corrected chi connectivity index (χ3v) is 4.89. The number of carbonyl (C=O) groups is 2. The van der Waals surface area contributed by atoms with Crippen LogP contribution >= 0.6 is 11.8 Å². The summed E-state index contributed by atoms with van der Waals surface area (Å²) in [5, 5.41) is 0. The van der Waals surface area contributed by atoms with Crippen LogP contribution in [0.5, 0.6) is 11.5 Å². The van der Waals surface area contributed by atoms with Crippen molar-refractivity contribution in [3.8, 4) is 11.5 Å². The van der Waals surface area contributed by atoms with E-state index in [4.69, 9.17) is 9.47 Å². The number of fused-ring (bicyclic) bond motifs is 1. The maximum atomic E-state index is 12.1. The molecule has 0 N–H and O–H groups in total. The van der Waals surface area contributed by atoms with Crippen LogP contribution in [-0.2, 0) is 4.79 Å². The Bertz CT molecular complexity index is 623. The van der Waals surface area contributed by atoms with E-state index in [0.717, 1.165) is 24.6 Å². The first-order valence-corrected chi connectivity index (χ1v) is 8.95. The molecule has 0 saturated carbocycles. The summed E-state index contributed by atoms with van der Waals surface area (Å²) in [6.45, 7) is 5.35. The van der Waals surface area contributed by atoms with E-state index in [1.165, 1.54) is 0 Å². The van der Waals surface area contributed by atoms with Crippen LogP contribution in [0.2, 0.25) is 0 Å². The summed E-state index contributed by atoms with van der Waals surface area (Å²) in [5.74, 6) is 3.12. The number of amides is 1. The summed E-state index contributed by atoms with van der Waals surface area (Å²) in [5.41, 5.74) is 0.0698. The van der Waals surface area contributed by atoms with Gasteiger partial charge in [0.2, 0.25) is 0 Å². The molecular weight excluding hydrogens is 314 g/mol. The number of thioether (sulfide) groups is 1. The zero-order valence-corrected chi connectivity index (χ0v) is 14.3. The van der Waals surface area contributed by atoms with Crippen molar-refractivity contribution in [2.75, 3.05) is 31.2 Å². The minimum absolute atomic E-state index is 0.000320. The number of benzene rings is 1. The second-order valence-corrected chi connectivity index (χ2v) is 7.63. The lowest BCUT2D eigenvalue weighted by molar-refractivity contribution is -0.133. The highest BCUT2D eigenvalue weighted by atomic mass is 32.2. The molecule has 0 aliphatic carbocycles. The average Bonchev–Trinajstić information content (AvgIpc) is 2.52. The largest absolute Gasteiger partial charge is 0.486 e. The molecule has 0 atom stereocenters. The molecule has 2 aliphatic rings. The second kappa shape index (κ2) is 6.43. The summed E-state index contributed by atoms with van der Waals surface area (Å²) in [4.78, 5) is 26.1. The van der Waals surface area contributed by atoms with Crippen LogP contribution in [0.25, 0.3) is 0 Å². The fraction of sp³-hybridized carbons (Fsp3) is 0.529. The van der Waals surface area contributed by atoms with Crippen LogP contribution in [0.15, 0.2) is 18.2 Å². The van der Waals surface area contributed by atoms with Gasteiger partial charge in [0, 0.05) is 30.7 Å². The summed E-state index contributed by atoms with van der Waals surface area (Å²) in [7, 11) is 0. The van der Waals surface area contributed by atoms with Crippen LogP contribution in [0.3, 0.4) is 0 Å². The van der Waals surface area contributed by atoms with Crippen molar-refractivity contribution < 1.29 is 19.1 Å². The Morgan fingerprint density at radius 2 is 2.09 bits per heavy atom. The Morgan fingerprint density at radius 1 is 1.35 bits per heavy atom. The van der Waals surface area contributed by atoms with Gasteiger partial charge in [-0.3, -0.25) is 9.59 Å². The van der Waals surface area contributed by atoms with E-state index in [9.17, 15) is 9.59 Å². The van der Waals surface area contributed by atoms with Gasteiger partial charge in [-0.05, 0) is 26.0 Å². The molecule has 6 heteroatoms. The highest BCUT2D eigenvalue weighted by molar-refractivity contribution is 7.99. The molecular formula is C17H21NO4S. The predicted octanol–water partition coefficient (Wildman–Crippen LogP) is 2.38. The lowest BCUT2D eigenvalue weighted by Gasteiger charge is -2.31. The number of rotatable bonds is 3. The van der Waals surface area contributed by atoms with Gasteiger partial charge < -0.3 is 14.4 Å². The van der Waals surface area contributed by atoms with E-state index < -0.39 is 5.60 Å². The molecule has 124 valence electrons. The molecule has 0 spiro atoms. The lowest BCUT2D eigenvalue weighted by Crippen LogP contribution is -2.40. The van der Waals surface area contributed by atoms with Crippen molar-refractivity contribution in [1.82, 2.24) is 4.90 Å². The molecule has 3 rings (SSSR count). The number of hydrogen-bond acceptors (Lipinski definition) is 5. The molecule has 0 radical (unpaired) electrons. The summed E-state index contributed by atoms with van der Waals surface area (Å²) in [6, 6.07) is 5.13. The molecule has 1 aromatic rings. The number of nitrogens with zero attached hydrogens (tertiary/aromatic N) is 1. The predicted molar refractivity (Wildman–Crippen MR) is 89.5 cm³/mol. The molecule has 1 fully saturated rings. The highest BCUT2D eigenvalue weighted by Crippen LogP contribution is 2.35. The van der Waals surface area contributed by atoms with Crippen molar-refractivity contribution in [3.63, 3.8) is 0 Å². The zero-order chi connectivity index (χ0) is 16.4. The average molecular weight is 335 g/mol. The number of hydrogen-bond donors (Lipinski definition) is 0. The monoisotopic (exact) mass is 335 g/mol. The third-order valence-electron chi connectivity index (χ3n) is 3.95.